The molecule has 0 aliphatic rings. The Labute approximate surface area is 114 Å². The zero-order valence-electron chi connectivity index (χ0n) is 10.9. The number of hydrogen-bond acceptors (Lipinski definition) is 1. The molecule has 86 valence electrons. The van der Waals surface area contributed by atoms with Crippen molar-refractivity contribution in [1.29, 1.82) is 0 Å². The van der Waals surface area contributed by atoms with Crippen molar-refractivity contribution in [3.8, 4) is 0 Å². The second-order valence-corrected chi connectivity index (χ2v) is 6.48. The third kappa shape index (κ3) is 7.16. The summed E-state index contributed by atoms with van der Waals surface area (Å²) in [4.78, 5) is 2.00. The van der Waals surface area contributed by atoms with Gasteiger partial charge in [-0.3, -0.25) is 0 Å². The van der Waals surface area contributed by atoms with E-state index in [2.05, 4.69) is 60.7 Å². The quantitative estimate of drug-likeness (QED) is 0.716. The van der Waals surface area contributed by atoms with Crippen molar-refractivity contribution >= 4 is 27.8 Å². The summed E-state index contributed by atoms with van der Waals surface area (Å²) in [5.41, 5.74) is 0. The molecule has 0 fully saturated rings. The first-order valence-electron chi connectivity index (χ1n) is 5.87. The van der Waals surface area contributed by atoms with Crippen molar-refractivity contribution in [3.63, 3.8) is 0 Å². The highest BCUT2D eigenvalue weighted by atomic mass is 24.5. The van der Waals surface area contributed by atoms with Crippen LogP contribution in [0.3, 0.4) is 0 Å². The Morgan fingerprint density at radius 3 is 1.24 bits per heavy atom. The monoisotopic (exact) mass is 237 g/mol. The summed E-state index contributed by atoms with van der Waals surface area (Å²) in [6.07, 6.45) is 0. The van der Waals surface area contributed by atoms with Crippen LogP contribution >= 0.6 is 0 Å². The maximum absolute atomic E-state index is 2.22. The van der Waals surface area contributed by atoms with Gasteiger partial charge in [0.2, 0.25) is 0 Å². The molecule has 2 aromatic rings. The largest absolute Gasteiger partial charge is 0.450 e. The summed E-state index contributed by atoms with van der Waals surface area (Å²) in [6.45, 7) is 0. The first kappa shape index (κ1) is 14.2. The maximum Gasteiger partial charge on any atom is 0.450 e. The first-order chi connectivity index (χ1) is 8.18. The lowest BCUT2D eigenvalue weighted by molar-refractivity contribution is 0.505. The van der Waals surface area contributed by atoms with E-state index >= 15 is 0 Å². The van der Waals surface area contributed by atoms with Crippen LogP contribution < -0.4 is 7.39 Å². The van der Waals surface area contributed by atoms with E-state index in [1.165, 1.54) is 7.39 Å². The van der Waals surface area contributed by atoms with Gasteiger partial charge >= 0.3 is 20.4 Å². The van der Waals surface area contributed by atoms with Crippen LogP contribution in [0.15, 0.2) is 60.7 Å². The molecule has 2 rings (SSSR count). The summed E-state index contributed by atoms with van der Waals surface area (Å²) in [5, 5.41) is 0. The minimum Gasteiger partial charge on any atom is -0.312 e. The predicted molar refractivity (Wildman–Crippen MR) is 77.5 cm³/mol. The van der Waals surface area contributed by atoms with Crippen LogP contribution in [-0.2, 0) is 0 Å². The third-order valence-electron chi connectivity index (χ3n) is 2.09. The zero-order chi connectivity index (χ0) is 12.5. The molecule has 0 saturated heterocycles. The zero-order valence-corrected chi connectivity index (χ0v) is 12.3. The Bertz CT molecular complexity index is 358. The minimum absolute atomic E-state index is 0.234. The molecule has 2 aromatic carbocycles. The van der Waals surface area contributed by atoms with Crippen LogP contribution in [0.2, 0.25) is 0 Å². The van der Waals surface area contributed by atoms with Crippen LogP contribution in [-0.4, -0.2) is 46.4 Å². The fraction of sp³-hybridized carbons (Fsp3) is 0.200. The van der Waals surface area contributed by atoms with Gasteiger partial charge in [-0.2, -0.15) is 7.39 Å². The molecule has 0 aliphatic heterocycles. The van der Waals surface area contributed by atoms with E-state index in [0.717, 1.165) is 0 Å². The molecule has 17 heavy (non-hydrogen) atoms. The van der Waals surface area contributed by atoms with E-state index in [-0.39, 0.29) is 20.4 Å². The van der Waals surface area contributed by atoms with E-state index < -0.39 is 0 Å². The molecular formula is C15H19MgN. The molecule has 0 aliphatic carbocycles. The topological polar surface area (TPSA) is 3.24 Å². The Morgan fingerprint density at radius 1 is 0.647 bits per heavy atom. The third-order valence-corrected chi connectivity index (χ3v) is 3.85. The Morgan fingerprint density at radius 2 is 0.941 bits per heavy atom. The molecule has 0 spiro atoms. The van der Waals surface area contributed by atoms with Crippen molar-refractivity contribution in [1.82, 2.24) is 4.90 Å². The fourth-order valence-corrected chi connectivity index (χ4v) is 2.91. The number of benzene rings is 2. The summed E-state index contributed by atoms with van der Waals surface area (Å²) >= 11 is -0.234. The predicted octanol–water partition coefficient (Wildman–Crippen LogP) is 1.52. The van der Waals surface area contributed by atoms with Gasteiger partial charge < -0.3 is 4.90 Å². The maximum atomic E-state index is 2.22. The standard InChI is InChI=1S/2C6H5.C3H9N.Mg/c2*1-2-4-6-5-3-1;1-4(2)3;/h2*1-5H;1-3H3;. The van der Waals surface area contributed by atoms with Crippen LogP contribution in [0.4, 0.5) is 0 Å². The van der Waals surface area contributed by atoms with Gasteiger partial charge in [-0.05, 0) is 21.1 Å². The van der Waals surface area contributed by atoms with Gasteiger partial charge in [0.05, 0.1) is 0 Å². The molecule has 0 saturated carbocycles. The van der Waals surface area contributed by atoms with Crippen molar-refractivity contribution in [2.45, 2.75) is 0 Å². The second kappa shape index (κ2) is 8.29. The van der Waals surface area contributed by atoms with E-state index in [1.54, 1.807) is 0 Å². The summed E-state index contributed by atoms with van der Waals surface area (Å²) in [6, 6.07) is 21.5. The fourth-order valence-electron chi connectivity index (χ4n) is 1.43. The van der Waals surface area contributed by atoms with Gasteiger partial charge in [0.15, 0.2) is 0 Å². The van der Waals surface area contributed by atoms with Crippen LogP contribution in [0.1, 0.15) is 0 Å². The molecule has 0 unspecified atom stereocenters. The number of rotatable bonds is 2. The van der Waals surface area contributed by atoms with Gasteiger partial charge in [0.1, 0.15) is 0 Å². The molecule has 0 N–H and O–H groups in total. The highest BCUT2D eigenvalue weighted by Crippen LogP contribution is 1.84. The van der Waals surface area contributed by atoms with E-state index in [1.807, 2.05) is 26.0 Å². The molecular weight excluding hydrogens is 218 g/mol. The van der Waals surface area contributed by atoms with Crippen molar-refractivity contribution in [2.75, 3.05) is 21.1 Å². The lowest BCUT2D eigenvalue weighted by atomic mass is 10.4. The molecule has 0 bridgehead atoms. The Hall–Kier alpha value is -0.834. The van der Waals surface area contributed by atoms with Crippen LogP contribution in [0, 0.1) is 0 Å². The molecule has 0 heterocycles. The van der Waals surface area contributed by atoms with Gasteiger partial charge in [-0.15, -0.1) is 0 Å². The Balaban J connectivity index is 0.000000317. The molecule has 2 heteroatoms. The summed E-state index contributed by atoms with van der Waals surface area (Å²) < 4.78 is 3.02. The normalized spacial score (nSPS) is 9.18. The molecule has 1 nitrogen and oxygen atoms in total. The van der Waals surface area contributed by atoms with Gasteiger partial charge in [-0.25, -0.2) is 0 Å². The highest BCUT2D eigenvalue weighted by Gasteiger charge is 1.99. The Kier molecular flexibility index (Phi) is 6.93. The number of hydrogen-bond donors (Lipinski definition) is 0. The SMILES string of the molecule is CN(C)C.c1cc[c]([Mg][c]2ccccc2)cc1. The van der Waals surface area contributed by atoms with Crippen molar-refractivity contribution < 1.29 is 0 Å². The summed E-state index contributed by atoms with van der Waals surface area (Å²) in [7, 11) is 6.00. The lowest BCUT2D eigenvalue weighted by Gasteiger charge is -1.98. The average Bonchev–Trinajstić information content (AvgIpc) is 2.31. The highest BCUT2D eigenvalue weighted by molar-refractivity contribution is 6.67. The second-order valence-electron chi connectivity index (χ2n) is 4.49. The van der Waals surface area contributed by atoms with Crippen molar-refractivity contribution in [3.05, 3.63) is 60.7 Å². The molecule has 0 atom stereocenters. The van der Waals surface area contributed by atoms with Crippen LogP contribution in [0.5, 0.6) is 0 Å². The first-order valence-corrected chi connectivity index (χ1v) is 7.28. The van der Waals surface area contributed by atoms with E-state index in [0.29, 0.717) is 0 Å². The number of nitrogens with zero attached hydrogens (tertiary/aromatic N) is 1. The van der Waals surface area contributed by atoms with Gasteiger partial charge in [-0.1, -0.05) is 60.7 Å². The molecule has 0 aromatic heterocycles. The summed E-state index contributed by atoms with van der Waals surface area (Å²) in [5.74, 6) is 0. The van der Waals surface area contributed by atoms with Gasteiger partial charge in [0.25, 0.3) is 0 Å². The molecule has 0 amide bonds. The van der Waals surface area contributed by atoms with Gasteiger partial charge in [0, 0.05) is 0 Å². The van der Waals surface area contributed by atoms with E-state index in [4.69, 9.17) is 0 Å². The lowest BCUT2D eigenvalue weighted by Crippen LogP contribution is -2.26. The average molecular weight is 238 g/mol. The van der Waals surface area contributed by atoms with Crippen LogP contribution in [0.25, 0.3) is 0 Å². The van der Waals surface area contributed by atoms with Crippen molar-refractivity contribution in [2.24, 2.45) is 0 Å². The minimum atomic E-state index is -0.234. The smallest absolute Gasteiger partial charge is 0.312 e. The molecule has 0 radical (unpaired) electrons. The van der Waals surface area contributed by atoms with E-state index in [9.17, 15) is 0 Å².